The van der Waals surface area contributed by atoms with Gasteiger partial charge in [0.25, 0.3) is 0 Å². The quantitative estimate of drug-likeness (QED) is 0.710. The zero-order chi connectivity index (χ0) is 13.7. The number of aromatic amines is 1. The summed E-state index contributed by atoms with van der Waals surface area (Å²) in [4.78, 5) is 15.2. The second-order valence-electron chi connectivity index (χ2n) is 4.96. The summed E-state index contributed by atoms with van der Waals surface area (Å²) < 4.78 is 14.6. The van der Waals surface area contributed by atoms with Gasteiger partial charge in [-0.15, -0.1) is 0 Å². The molecule has 2 heterocycles. The number of anilines is 1. The molecule has 5 nitrogen and oxygen atoms in total. The number of nitrogen functional groups attached to an aromatic ring is 1. The standard InChI is InChI=1S/C14H12FN5/c15-10-8-3-1-2-7(8)4-5-9(10)13-19-11-12(16)17-6-18-14(11)20-13/h4-6H,1-3H2,(H3,16,17,18,19,20). The Labute approximate surface area is 114 Å². The van der Waals surface area contributed by atoms with E-state index in [1.165, 1.54) is 6.33 Å². The summed E-state index contributed by atoms with van der Waals surface area (Å²) in [6.07, 6.45) is 4.10. The maximum atomic E-state index is 14.6. The van der Waals surface area contributed by atoms with Crippen LogP contribution in [0.4, 0.5) is 10.2 Å². The van der Waals surface area contributed by atoms with Crippen LogP contribution in [0.15, 0.2) is 18.5 Å². The molecule has 6 heteroatoms. The highest BCUT2D eigenvalue weighted by Gasteiger charge is 2.20. The fourth-order valence-electron chi connectivity index (χ4n) is 2.78. The van der Waals surface area contributed by atoms with Crippen LogP contribution in [0, 0.1) is 5.82 Å². The lowest BCUT2D eigenvalue weighted by molar-refractivity contribution is 0.615. The lowest BCUT2D eigenvalue weighted by atomic mass is 10.0. The van der Waals surface area contributed by atoms with Crippen LogP contribution < -0.4 is 5.73 Å². The van der Waals surface area contributed by atoms with Gasteiger partial charge >= 0.3 is 0 Å². The zero-order valence-corrected chi connectivity index (χ0v) is 10.7. The van der Waals surface area contributed by atoms with Crippen molar-refractivity contribution in [3.63, 3.8) is 0 Å². The minimum atomic E-state index is -0.189. The SMILES string of the molecule is Nc1ncnc2nc(-c3ccc4c(c3F)CCC4)[nH]c12. The van der Waals surface area contributed by atoms with Crippen LogP contribution in [-0.2, 0) is 12.8 Å². The second-order valence-corrected chi connectivity index (χ2v) is 4.96. The molecule has 3 aromatic rings. The molecule has 1 aromatic carbocycles. The Hall–Kier alpha value is -2.50. The number of nitrogens with zero attached hydrogens (tertiary/aromatic N) is 3. The fourth-order valence-corrected chi connectivity index (χ4v) is 2.78. The number of rotatable bonds is 1. The fraction of sp³-hybridized carbons (Fsp3) is 0.214. The molecule has 0 amide bonds. The smallest absolute Gasteiger partial charge is 0.183 e. The molecule has 0 aliphatic heterocycles. The Kier molecular flexibility index (Phi) is 2.26. The number of H-pyrrole nitrogens is 1. The molecule has 20 heavy (non-hydrogen) atoms. The van der Waals surface area contributed by atoms with Gasteiger partial charge < -0.3 is 10.7 Å². The summed E-state index contributed by atoms with van der Waals surface area (Å²) in [5.41, 5.74) is 9.12. The number of nitrogens with two attached hydrogens (primary N) is 1. The Morgan fingerprint density at radius 1 is 1.20 bits per heavy atom. The maximum absolute atomic E-state index is 14.6. The van der Waals surface area contributed by atoms with Gasteiger partial charge in [-0.25, -0.2) is 19.3 Å². The van der Waals surface area contributed by atoms with Crippen molar-refractivity contribution in [2.45, 2.75) is 19.3 Å². The number of aryl methyl sites for hydroxylation is 1. The van der Waals surface area contributed by atoms with E-state index in [9.17, 15) is 4.39 Å². The summed E-state index contributed by atoms with van der Waals surface area (Å²) in [5.74, 6) is 0.570. The highest BCUT2D eigenvalue weighted by Crippen LogP contribution is 2.31. The Balaban J connectivity index is 1.93. The highest BCUT2D eigenvalue weighted by molar-refractivity contribution is 5.84. The molecular weight excluding hydrogens is 257 g/mol. The first-order chi connectivity index (χ1) is 9.74. The first-order valence-electron chi connectivity index (χ1n) is 6.51. The molecule has 0 atom stereocenters. The van der Waals surface area contributed by atoms with Crippen molar-refractivity contribution in [1.29, 1.82) is 0 Å². The van der Waals surface area contributed by atoms with E-state index >= 15 is 0 Å². The summed E-state index contributed by atoms with van der Waals surface area (Å²) in [5, 5.41) is 0. The summed E-state index contributed by atoms with van der Waals surface area (Å²) >= 11 is 0. The summed E-state index contributed by atoms with van der Waals surface area (Å²) in [7, 11) is 0. The number of imidazole rings is 1. The van der Waals surface area contributed by atoms with Gasteiger partial charge in [0.05, 0.1) is 5.56 Å². The Bertz CT molecular complexity index is 824. The average Bonchev–Trinajstić information content (AvgIpc) is 3.06. The van der Waals surface area contributed by atoms with Gasteiger partial charge in [-0.1, -0.05) is 6.07 Å². The number of halogens is 1. The number of hydrogen-bond donors (Lipinski definition) is 2. The van der Waals surface area contributed by atoms with Crippen molar-refractivity contribution in [2.24, 2.45) is 0 Å². The van der Waals surface area contributed by atoms with Crippen molar-refractivity contribution in [3.05, 3.63) is 35.4 Å². The third kappa shape index (κ3) is 1.51. The topological polar surface area (TPSA) is 80.5 Å². The van der Waals surface area contributed by atoms with Crippen LogP contribution in [0.2, 0.25) is 0 Å². The van der Waals surface area contributed by atoms with Gasteiger partial charge in [0, 0.05) is 0 Å². The predicted molar refractivity (Wildman–Crippen MR) is 73.5 cm³/mol. The van der Waals surface area contributed by atoms with Gasteiger partial charge in [-0.3, -0.25) is 0 Å². The molecule has 2 aromatic heterocycles. The molecule has 0 saturated heterocycles. The van der Waals surface area contributed by atoms with Gasteiger partial charge in [0.1, 0.15) is 23.5 Å². The number of benzene rings is 1. The molecule has 1 aliphatic carbocycles. The normalized spacial score (nSPS) is 13.8. The molecule has 3 N–H and O–H groups in total. The zero-order valence-electron chi connectivity index (χ0n) is 10.7. The summed E-state index contributed by atoms with van der Waals surface area (Å²) in [6.45, 7) is 0. The first-order valence-corrected chi connectivity index (χ1v) is 6.51. The van der Waals surface area contributed by atoms with E-state index in [1.807, 2.05) is 6.07 Å². The van der Waals surface area contributed by atoms with E-state index in [0.29, 0.717) is 28.4 Å². The lowest BCUT2D eigenvalue weighted by Crippen LogP contribution is -1.94. The predicted octanol–water partition coefficient (Wildman–Crippen LogP) is 2.23. The first kappa shape index (κ1) is 11.3. The highest BCUT2D eigenvalue weighted by atomic mass is 19.1. The van der Waals surface area contributed by atoms with Crippen molar-refractivity contribution < 1.29 is 4.39 Å². The molecule has 0 fully saturated rings. The van der Waals surface area contributed by atoms with Crippen LogP contribution in [0.5, 0.6) is 0 Å². The van der Waals surface area contributed by atoms with Gasteiger partial charge in [-0.2, -0.15) is 0 Å². The van der Waals surface area contributed by atoms with Gasteiger partial charge in [0.15, 0.2) is 11.5 Å². The molecule has 100 valence electrons. The monoisotopic (exact) mass is 269 g/mol. The van der Waals surface area contributed by atoms with E-state index in [0.717, 1.165) is 30.4 Å². The van der Waals surface area contributed by atoms with E-state index in [1.54, 1.807) is 6.07 Å². The summed E-state index contributed by atoms with van der Waals surface area (Å²) in [6, 6.07) is 3.74. The molecule has 0 unspecified atom stereocenters. The molecule has 0 spiro atoms. The number of hydrogen-bond acceptors (Lipinski definition) is 4. The van der Waals surface area contributed by atoms with Crippen LogP contribution in [0.1, 0.15) is 17.5 Å². The molecule has 0 radical (unpaired) electrons. The minimum Gasteiger partial charge on any atom is -0.382 e. The minimum absolute atomic E-state index is 0.189. The molecule has 1 aliphatic rings. The van der Waals surface area contributed by atoms with E-state index in [2.05, 4.69) is 19.9 Å². The van der Waals surface area contributed by atoms with Crippen LogP contribution in [0.3, 0.4) is 0 Å². The molecule has 0 bridgehead atoms. The molecular formula is C14H12FN5. The second kappa shape index (κ2) is 4.00. The van der Waals surface area contributed by atoms with Crippen LogP contribution in [-0.4, -0.2) is 19.9 Å². The number of fused-ring (bicyclic) bond motifs is 2. The van der Waals surface area contributed by atoms with Crippen molar-refractivity contribution in [3.8, 4) is 11.4 Å². The number of nitrogens with one attached hydrogen (secondary N) is 1. The average molecular weight is 269 g/mol. The van der Waals surface area contributed by atoms with E-state index < -0.39 is 0 Å². The third-order valence-electron chi connectivity index (χ3n) is 3.79. The van der Waals surface area contributed by atoms with Crippen LogP contribution in [0.25, 0.3) is 22.6 Å². The van der Waals surface area contributed by atoms with Crippen LogP contribution >= 0.6 is 0 Å². The van der Waals surface area contributed by atoms with Crippen molar-refractivity contribution in [1.82, 2.24) is 19.9 Å². The van der Waals surface area contributed by atoms with E-state index in [4.69, 9.17) is 5.73 Å². The third-order valence-corrected chi connectivity index (χ3v) is 3.79. The van der Waals surface area contributed by atoms with Gasteiger partial charge in [0.2, 0.25) is 0 Å². The van der Waals surface area contributed by atoms with Gasteiger partial charge in [-0.05, 0) is 36.5 Å². The van der Waals surface area contributed by atoms with Crippen molar-refractivity contribution in [2.75, 3.05) is 5.73 Å². The molecule has 4 rings (SSSR count). The molecule has 0 saturated carbocycles. The number of aromatic nitrogens is 4. The van der Waals surface area contributed by atoms with Crippen molar-refractivity contribution >= 4 is 17.0 Å². The largest absolute Gasteiger partial charge is 0.382 e. The Morgan fingerprint density at radius 2 is 2.10 bits per heavy atom. The van der Waals surface area contributed by atoms with E-state index in [-0.39, 0.29) is 5.82 Å². The Morgan fingerprint density at radius 3 is 2.95 bits per heavy atom. The lowest BCUT2D eigenvalue weighted by Gasteiger charge is -2.05. The maximum Gasteiger partial charge on any atom is 0.183 e.